The van der Waals surface area contributed by atoms with Crippen molar-refractivity contribution >= 4 is 11.6 Å². The molecule has 12 heavy (non-hydrogen) atoms. The quantitative estimate of drug-likeness (QED) is 0.648. The summed E-state index contributed by atoms with van der Waals surface area (Å²) >= 11 is 5.73. The zero-order valence-electron chi connectivity index (χ0n) is 6.37. The summed E-state index contributed by atoms with van der Waals surface area (Å²) in [5, 5.41) is 18.6. The summed E-state index contributed by atoms with van der Waals surface area (Å²) in [6.45, 7) is 0.116. The second-order valence-electron chi connectivity index (χ2n) is 2.46. The SMILES string of the molecule is NC[C@@H](O)c1ccc(O)cc1Cl. The molecule has 0 aromatic heterocycles. The van der Waals surface area contributed by atoms with Crippen molar-refractivity contribution in [2.75, 3.05) is 6.54 Å². The van der Waals surface area contributed by atoms with Crippen molar-refractivity contribution in [3.8, 4) is 5.75 Å². The molecule has 4 heteroatoms. The van der Waals surface area contributed by atoms with E-state index < -0.39 is 6.10 Å². The largest absolute Gasteiger partial charge is 0.508 e. The Morgan fingerprint density at radius 3 is 2.67 bits per heavy atom. The fraction of sp³-hybridized carbons (Fsp3) is 0.250. The molecule has 3 nitrogen and oxygen atoms in total. The Hall–Kier alpha value is -0.770. The summed E-state index contributed by atoms with van der Waals surface area (Å²) in [6.07, 6.45) is -0.766. The summed E-state index contributed by atoms with van der Waals surface area (Å²) in [4.78, 5) is 0. The first kappa shape index (κ1) is 9.32. The van der Waals surface area contributed by atoms with Crippen LogP contribution in [0.15, 0.2) is 18.2 Å². The van der Waals surface area contributed by atoms with Crippen LogP contribution in [-0.2, 0) is 0 Å². The number of rotatable bonds is 2. The number of halogens is 1. The molecular formula is C8H10ClNO2. The van der Waals surface area contributed by atoms with Crippen LogP contribution in [0.1, 0.15) is 11.7 Å². The zero-order chi connectivity index (χ0) is 9.14. The van der Waals surface area contributed by atoms with E-state index in [2.05, 4.69) is 0 Å². The van der Waals surface area contributed by atoms with Crippen LogP contribution in [-0.4, -0.2) is 16.8 Å². The summed E-state index contributed by atoms with van der Waals surface area (Å²) in [5.41, 5.74) is 5.78. The van der Waals surface area contributed by atoms with E-state index in [1.165, 1.54) is 12.1 Å². The lowest BCUT2D eigenvalue weighted by Gasteiger charge is -2.09. The van der Waals surface area contributed by atoms with Crippen molar-refractivity contribution < 1.29 is 10.2 Å². The molecule has 0 fully saturated rings. The van der Waals surface area contributed by atoms with Gasteiger partial charge in [0.1, 0.15) is 5.75 Å². The van der Waals surface area contributed by atoms with Crippen LogP contribution in [0.5, 0.6) is 5.75 Å². The van der Waals surface area contributed by atoms with Gasteiger partial charge in [0.2, 0.25) is 0 Å². The van der Waals surface area contributed by atoms with Crippen molar-refractivity contribution in [3.63, 3.8) is 0 Å². The first-order valence-electron chi connectivity index (χ1n) is 3.51. The Labute approximate surface area is 75.4 Å². The molecule has 1 atom stereocenters. The monoisotopic (exact) mass is 187 g/mol. The molecular weight excluding hydrogens is 178 g/mol. The van der Waals surface area contributed by atoms with Gasteiger partial charge >= 0.3 is 0 Å². The van der Waals surface area contributed by atoms with Gasteiger partial charge in [-0.2, -0.15) is 0 Å². The Morgan fingerprint density at radius 2 is 2.17 bits per heavy atom. The predicted octanol–water partition coefficient (Wildman–Crippen LogP) is 1.04. The highest BCUT2D eigenvalue weighted by Crippen LogP contribution is 2.25. The van der Waals surface area contributed by atoms with E-state index in [4.69, 9.17) is 22.4 Å². The first-order valence-corrected chi connectivity index (χ1v) is 3.89. The summed E-state index contributed by atoms with van der Waals surface area (Å²) in [5.74, 6) is 0.0768. The standard InChI is InChI=1S/C8H10ClNO2/c9-7-3-5(11)1-2-6(7)8(12)4-10/h1-3,8,11-12H,4,10H2/t8-/m1/s1. The highest BCUT2D eigenvalue weighted by atomic mass is 35.5. The van der Waals surface area contributed by atoms with Crippen LogP contribution in [0, 0.1) is 0 Å². The minimum atomic E-state index is -0.766. The fourth-order valence-electron chi connectivity index (χ4n) is 0.913. The van der Waals surface area contributed by atoms with Crippen molar-refractivity contribution in [2.45, 2.75) is 6.10 Å². The highest BCUT2D eigenvalue weighted by Gasteiger charge is 2.09. The van der Waals surface area contributed by atoms with Gasteiger partial charge in [0.05, 0.1) is 11.1 Å². The second kappa shape index (κ2) is 3.76. The average Bonchev–Trinajstić information content (AvgIpc) is 2.03. The third kappa shape index (κ3) is 1.88. The van der Waals surface area contributed by atoms with Crippen molar-refractivity contribution in [1.29, 1.82) is 0 Å². The van der Waals surface area contributed by atoms with E-state index in [0.717, 1.165) is 0 Å². The van der Waals surface area contributed by atoms with Crippen molar-refractivity contribution in [2.24, 2.45) is 5.73 Å². The van der Waals surface area contributed by atoms with Crippen molar-refractivity contribution in [3.05, 3.63) is 28.8 Å². The Bertz CT molecular complexity index is 278. The molecule has 0 aliphatic heterocycles. The summed E-state index contributed by atoms with van der Waals surface area (Å²) in [7, 11) is 0. The van der Waals surface area contributed by atoms with Crippen molar-refractivity contribution in [1.82, 2.24) is 0 Å². The van der Waals surface area contributed by atoms with Crippen LogP contribution in [0.2, 0.25) is 5.02 Å². The smallest absolute Gasteiger partial charge is 0.117 e. The first-order chi connectivity index (χ1) is 5.65. The zero-order valence-corrected chi connectivity index (χ0v) is 7.12. The molecule has 4 N–H and O–H groups in total. The molecule has 0 aliphatic rings. The lowest BCUT2D eigenvalue weighted by molar-refractivity contribution is 0.187. The number of hydrogen-bond acceptors (Lipinski definition) is 3. The molecule has 1 rings (SSSR count). The molecule has 0 heterocycles. The van der Waals surface area contributed by atoms with Gasteiger partial charge in [-0.15, -0.1) is 0 Å². The lowest BCUT2D eigenvalue weighted by Crippen LogP contribution is -2.11. The van der Waals surface area contributed by atoms with Crippen LogP contribution < -0.4 is 5.73 Å². The van der Waals surface area contributed by atoms with Gasteiger partial charge in [-0.05, 0) is 12.1 Å². The van der Waals surface area contributed by atoms with Crippen LogP contribution >= 0.6 is 11.6 Å². The third-order valence-electron chi connectivity index (χ3n) is 1.57. The molecule has 0 radical (unpaired) electrons. The minimum Gasteiger partial charge on any atom is -0.508 e. The molecule has 0 unspecified atom stereocenters. The number of hydrogen-bond donors (Lipinski definition) is 3. The molecule has 0 spiro atoms. The number of nitrogens with two attached hydrogens (primary N) is 1. The van der Waals surface area contributed by atoms with Gasteiger partial charge < -0.3 is 15.9 Å². The van der Waals surface area contributed by atoms with Crippen LogP contribution in [0.25, 0.3) is 0 Å². The van der Waals surface area contributed by atoms with Gasteiger partial charge in [0.25, 0.3) is 0 Å². The molecule has 0 amide bonds. The number of aromatic hydroxyl groups is 1. The third-order valence-corrected chi connectivity index (χ3v) is 1.89. The molecule has 66 valence electrons. The number of aliphatic hydroxyl groups excluding tert-OH is 1. The average molecular weight is 188 g/mol. The molecule has 0 aliphatic carbocycles. The van der Waals surface area contributed by atoms with E-state index in [1.54, 1.807) is 6.07 Å². The van der Waals surface area contributed by atoms with E-state index >= 15 is 0 Å². The molecule has 0 saturated carbocycles. The maximum atomic E-state index is 9.31. The number of phenols is 1. The molecule has 0 saturated heterocycles. The van der Waals surface area contributed by atoms with E-state index in [0.29, 0.717) is 10.6 Å². The van der Waals surface area contributed by atoms with Crippen LogP contribution in [0.3, 0.4) is 0 Å². The van der Waals surface area contributed by atoms with E-state index in [1.807, 2.05) is 0 Å². The maximum Gasteiger partial charge on any atom is 0.117 e. The van der Waals surface area contributed by atoms with Gasteiger partial charge in [-0.25, -0.2) is 0 Å². The molecule has 1 aromatic carbocycles. The molecule has 0 bridgehead atoms. The van der Waals surface area contributed by atoms with Crippen LogP contribution in [0.4, 0.5) is 0 Å². The Balaban J connectivity index is 3.01. The van der Waals surface area contributed by atoms with E-state index in [9.17, 15) is 5.11 Å². The predicted molar refractivity (Wildman–Crippen MR) is 47.1 cm³/mol. The highest BCUT2D eigenvalue weighted by molar-refractivity contribution is 6.31. The normalized spacial score (nSPS) is 12.9. The molecule has 1 aromatic rings. The van der Waals surface area contributed by atoms with Gasteiger partial charge in [-0.1, -0.05) is 17.7 Å². The number of benzene rings is 1. The van der Waals surface area contributed by atoms with Gasteiger partial charge in [0, 0.05) is 12.1 Å². The maximum absolute atomic E-state index is 9.31. The fourth-order valence-corrected chi connectivity index (χ4v) is 1.21. The van der Waals surface area contributed by atoms with Gasteiger partial charge in [-0.3, -0.25) is 0 Å². The summed E-state index contributed by atoms with van der Waals surface area (Å²) in [6, 6.07) is 4.38. The second-order valence-corrected chi connectivity index (χ2v) is 2.86. The Morgan fingerprint density at radius 1 is 1.50 bits per heavy atom. The number of phenolic OH excluding ortho intramolecular Hbond substituents is 1. The topological polar surface area (TPSA) is 66.5 Å². The minimum absolute atomic E-state index is 0.0768. The van der Waals surface area contributed by atoms with Gasteiger partial charge in [0.15, 0.2) is 0 Å². The summed E-state index contributed by atoms with van der Waals surface area (Å²) < 4.78 is 0. The van der Waals surface area contributed by atoms with E-state index in [-0.39, 0.29) is 12.3 Å². The lowest BCUT2D eigenvalue weighted by atomic mass is 10.1. The Kier molecular flexibility index (Phi) is 2.92. The number of aliphatic hydroxyl groups is 1.